The van der Waals surface area contributed by atoms with Gasteiger partial charge in [-0.1, -0.05) is 0 Å². The molecule has 0 radical (unpaired) electrons. The zero-order valence-corrected chi connectivity index (χ0v) is 12.0. The number of nitrogens with one attached hydrogen (secondary N) is 1. The van der Waals surface area contributed by atoms with Gasteiger partial charge in [-0.2, -0.15) is 0 Å². The number of thiophene rings is 1. The molecule has 2 aromatic heterocycles. The molecule has 0 amide bonds. The van der Waals surface area contributed by atoms with Crippen molar-refractivity contribution in [3.63, 3.8) is 0 Å². The molecule has 0 saturated heterocycles. The van der Waals surface area contributed by atoms with Crippen molar-refractivity contribution >= 4 is 21.4 Å². The summed E-state index contributed by atoms with van der Waals surface area (Å²) in [4.78, 5) is 9.16. The van der Waals surface area contributed by atoms with Crippen molar-refractivity contribution in [2.24, 2.45) is 5.73 Å². The Morgan fingerprint density at radius 3 is 2.89 bits per heavy atom. The van der Waals surface area contributed by atoms with Crippen LogP contribution in [0.5, 0.6) is 0 Å². The van der Waals surface area contributed by atoms with Gasteiger partial charge in [0.15, 0.2) is 0 Å². The second-order valence-corrected chi connectivity index (χ2v) is 6.64. The molecule has 0 fully saturated rings. The Bertz CT molecular complexity index is 667. The van der Waals surface area contributed by atoms with Crippen molar-refractivity contribution in [1.29, 1.82) is 0 Å². The average Bonchev–Trinajstić information content (AvgIpc) is 2.86. The summed E-state index contributed by atoms with van der Waals surface area (Å²) in [6.45, 7) is 2.23. The molecule has 0 aromatic carbocycles. The number of hydrogen-bond donors (Lipinski definition) is 2. The summed E-state index contributed by atoms with van der Waals surface area (Å²) >= 11 is 1.33. The third-order valence-electron chi connectivity index (χ3n) is 2.42. The number of sulfonamides is 1. The topological polar surface area (TPSA) is 98.0 Å². The zero-order chi connectivity index (χ0) is 13.9. The van der Waals surface area contributed by atoms with E-state index in [-0.39, 0.29) is 11.4 Å². The van der Waals surface area contributed by atoms with Gasteiger partial charge in [0.2, 0.25) is 10.0 Å². The fraction of sp³-hybridized carbons (Fsp3) is 0.273. The highest BCUT2D eigenvalue weighted by atomic mass is 32.2. The summed E-state index contributed by atoms with van der Waals surface area (Å²) in [6.07, 6.45) is 1.60. The quantitative estimate of drug-likeness (QED) is 0.850. The van der Waals surface area contributed by atoms with E-state index in [1.54, 1.807) is 30.6 Å². The standard InChI is InChI=1S/C11H14N4O2S2/c1-8-13-3-2-9(15-8)6-14-19(16,17)11-4-10(5-12)18-7-11/h2-4,7,14H,5-6,12H2,1H3. The number of nitrogens with zero attached hydrogens (tertiary/aromatic N) is 2. The summed E-state index contributed by atoms with van der Waals surface area (Å²) < 4.78 is 26.6. The van der Waals surface area contributed by atoms with Crippen LogP contribution in [-0.2, 0) is 23.1 Å². The first kappa shape index (κ1) is 14.1. The Kier molecular flexibility index (Phi) is 4.25. The van der Waals surface area contributed by atoms with Gasteiger partial charge < -0.3 is 5.73 Å². The van der Waals surface area contributed by atoms with Gasteiger partial charge in [-0.15, -0.1) is 11.3 Å². The van der Waals surface area contributed by atoms with Crippen molar-refractivity contribution in [1.82, 2.24) is 14.7 Å². The van der Waals surface area contributed by atoms with Crippen LogP contribution in [0.15, 0.2) is 28.6 Å². The van der Waals surface area contributed by atoms with Crippen LogP contribution < -0.4 is 10.5 Å². The molecule has 2 rings (SSSR count). The Hall–Kier alpha value is -1.35. The van der Waals surface area contributed by atoms with Gasteiger partial charge in [0, 0.05) is 23.0 Å². The van der Waals surface area contributed by atoms with Crippen LogP contribution in [0, 0.1) is 6.92 Å². The Labute approximate surface area is 115 Å². The van der Waals surface area contributed by atoms with Gasteiger partial charge in [-0.25, -0.2) is 23.1 Å². The molecule has 0 saturated carbocycles. The van der Waals surface area contributed by atoms with Crippen molar-refractivity contribution in [2.75, 3.05) is 0 Å². The molecule has 2 aromatic rings. The molecule has 0 aliphatic carbocycles. The van der Waals surface area contributed by atoms with Gasteiger partial charge in [-0.3, -0.25) is 0 Å². The third kappa shape index (κ3) is 3.57. The maximum Gasteiger partial charge on any atom is 0.241 e. The molecular formula is C11H14N4O2S2. The SMILES string of the molecule is Cc1nccc(CNS(=O)(=O)c2csc(CN)c2)n1. The monoisotopic (exact) mass is 298 g/mol. The van der Waals surface area contributed by atoms with Crippen LogP contribution in [0.1, 0.15) is 16.4 Å². The first-order chi connectivity index (χ1) is 9.01. The highest BCUT2D eigenvalue weighted by molar-refractivity contribution is 7.89. The van der Waals surface area contributed by atoms with Crippen LogP contribution in [0.2, 0.25) is 0 Å². The van der Waals surface area contributed by atoms with Crippen molar-refractivity contribution in [3.8, 4) is 0 Å². The molecule has 102 valence electrons. The predicted octanol–water partition coefficient (Wildman–Crippen LogP) is 0.784. The molecule has 6 nitrogen and oxygen atoms in total. The van der Waals surface area contributed by atoms with E-state index in [2.05, 4.69) is 14.7 Å². The molecule has 19 heavy (non-hydrogen) atoms. The van der Waals surface area contributed by atoms with Gasteiger partial charge in [0.05, 0.1) is 17.1 Å². The minimum atomic E-state index is -3.52. The highest BCUT2D eigenvalue weighted by Crippen LogP contribution is 2.18. The fourth-order valence-electron chi connectivity index (χ4n) is 1.46. The van der Waals surface area contributed by atoms with Gasteiger partial charge in [0.1, 0.15) is 5.82 Å². The highest BCUT2D eigenvalue weighted by Gasteiger charge is 2.15. The number of aromatic nitrogens is 2. The average molecular weight is 298 g/mol. The van der Waals surface area contributed by atoms with Crippen LogP contribution in [-0.4, -0.2) is 18.4 Å². The number of hydrogen-bond acceptors (Lipinski definition) is 6. The maximum absolute atomic E-state index is 12.0. The molecule has 3 N–H and O–H groups in total. The molecule has 0 aliphatic heterocycles. The Balaban J connectivity index is 2.09. The first-order valence-electron chi connectivity index (χ1n) is 5.57. The first-order valence-corrected chi connectivity index (χ1v) is 7.93. The van der Waals surface area contributed by atoms with Crippen molar-refractivity contribution < 1.29 is 8.42 Å². The van der Waals surface area contributed by atoms with E-state index in [1.165, 1.54) is 11.3 Å². The minimum absolute atomic E-state index is 0.138. The zero-order valence-electron chi connectivity index (χ0n) is 10.3. The minimum Gasteiger partial charge on any atom is -0.326 e. The lowest BCUT2D eigenvalue weighted by molar-refractivity contribution is 0.580. The lowest BCUT2D eigenvalue weighted by Gasteiger charge is -2.04. The van der Waals surface area contributed by atoms with E-state index in [1.807, 2.05) is 0 Å². The molecule has 8 heteroatoms. The molecule has 0 bridgehead atoms. The van der Waals surface area contributed by atoms with Gasteiger partial charge >= 0.3 is 0 Å². The molecule has 0 spiro atoms. The summed E-state index contributed by atoms with van der Waals surface area (Å²) in [5.74, 6) is 0.609. The maximum atomic E-state index is 12.0. The molecule has 0 aliphatic rings. The molecular weight excluding hydrogens is 284 g/mol. The smallest absolute Gasteiger partial charge is 0.241 e. The Morgan fingerprint density at radius 2 is 2.26 bits per heavy atom. The van der Waals surface area contributed by atoms with Crippen LogP contribution in [0.25, 0.3) is 0 Å². The number of nitrogens with two attached hydrogens (primary N) is 1. The fourth-order valence-corrected chi connectivity index (χ4v) is 3.62. The van der Waals surface area contributed by atoms with Gasteiger partial charge in [0.25, 0.3) is 0 Å². The second kappa shape index (κ2) is 5.74. The van der Waals surface area contributed by atoms with E-state index in [4.69, 9.17) is 5.73 Å². The van der Waals surface area contributed by atoms with E-state index in [9.17, 15) is 8.42 Å². The number of rotatable bonds is 5. The van der Waals surface area contributed by atoms with E-state index < -0.39 is 10.0 Å². The van der Waals surface area contributed by atoms with E-state index in [0.717, 1.165) is 4.88 Å². The number of aryl methyl sites for hydroxylation is 1. The van der Waals surface area contributed by atoms with Crippen molar-refractivity contribution in [2.45, 2.75) is 24.9 Å². The lowest BCUT2D eigenvalue weighted by atomic mass is 10.4. The summed E-state index contributed by atoms with van der Waals surface area (Å²) in [5, 5.41) is 1.58. The normalized spacial score (nSPS) is 11.7. The van der Waals surface area contributed by atoms with Crippen LogP contribution >= 0.6 is 11.3 Å². The molecule has 0 atom stereocenters. The van der Waals surface area contributed by atoms with E-state index in [0.29, 0.717) is 18.1 Å². The Morgan fingerprint density at radius 1 is 1.47 bits per heavy atom. The molecule has 2 heterocycles. The second-order valence-electron chi connectivity index (χ2n) is 3.87. The predicted molar refractivity (Wildman–Crippen MR) is 73.0 cm³/mol. The summed E-state index contributed by atoms with van der Waals surface area (Å²) in [7, 11) is -3.52. The summed E-state index contributed by atoms with van der Waals surface area (Å²) in [6, 6.07) is 3.26. The summed E-state index contributed by atoms with van der Waals surface area (Å²) in [5.41, 5.74) is 6.10. The van der Waals surface area contributed by atoms with Crippen LogP contribution in [0.4, 0.5) is 0 Å². The molecule has 0 unspecified atom stereocenters. The van der Waals surface area contributed by atoms with E-state index >= 15 is 0 Å². The lowest BCUT2D eigenvalue weighted by Crippen LogP contribution is -2.23. The largest absolute Gasteiger partial charge is 0.326 e. The third-order valence-corrected chi connectivity index (χ3v) is 4.91. The van der Waals surface area contributed by atoms with Crippen LogP contribution in [0.3, 0.4) is 0 Å². The van der Waals surface area contributed by atoms with Crippen molar-refractivity contribution in [3.05, 3.63) is 40.1 Å². The van der Waals surface area contributed by atoms with Gasteiger partial charge in [-0.05, 0) is 19.1 Å².